The fraction of sp³-hybridized carbons (Fsp3) is 0.375. The Labute approximate surface area is 75.2 Å². The quantitative estimate of drug-likeness (QED) is 0.708. The Morgan fingerprint density at radius 2 is 2.33 bits per heavy atom. The van der Waals surface area contributed by atoms with Crippen LogP contribution >= 0.6 is 11.8 Å². The first kappa shape index (κ1) is 9.19. The van der Waals surface area contributed by atoms with Gasteiger partial charge in [0.05, 0.1) is 0 Å². The summed E-state index contributed by atoms with van der Waals surface area (Å²) in [6.07, 6.45) is 3.57. The smallest absolute Gasteiger partial charge is 0.319 e. The van der Waals surface area contributed by atoms with E-state index in [2.05, 4.69) is 4.98 Å². The van der Waals surface area contributed by atoms with Crippen LogP contribution in [0.2, 0.25) is 0 Å². The number of carboxylic acids is 1. The molecular weight excluding hydrogens is 174 g/mol. The lowest BCUT2D eigenvalue weighted by Crippen LogP contribution is -2.26. The molecule has 0 radical (unpaired) electrons. The summed E-state index contributed by atoms with van der Waals surface area (Å²) in [6, 6.07) is 1.86. The van der Waals surface area contributed by atoms with Crippen LogP contribution in [0.15, 0.2) is 23.4 Å². The Bertz CT molecular complexity index is 267. The van der Waals surface area contributed by atoms with E-state index < -0.39 is 10.7 Å². The van der Waals surface area contributed by atoms with E-state index in [4.69, 9.17) is 5.11 Å². The van der Waals surface area contributed by atoms with Crippen LogP contribution in [0, 0.1) is 0 Å². The maximum absolute atomic E-state index is 10.7. The number of thioether (sulfide) groups is 1. The Balaban J connectivity index is 2.69. The van der Waals surface area contributed by atoms with Crippen molar-refractivity contribution in [1.82, 2.24) is 4.98 Å². The first-order chi connectivity index (χ1) is 5.52. The van der Waals surface area contributed by atoms with Crippen molar-refractivity contribution >= 4 is 17.7 Å². The van der Waals surface area contributed by atoms with Gasteiger partial charge in [-0.2, -0.15) is 0 Å². The van der Waals surface area contributed by atoms with Crippen LogP contribution in [0.3, 0.4) is 0 Å². The summed E-state index contributed by atoms with van der Waals surface area (Å²) >= 11 is 1.33. The molecule has 0 aliphatic heterocycles. The highest BCUT2D eigenvalue weighted by molar-refractivity contribution is 8.01. The van der Waals surface area contributed by atoms with E-state index in [0.717, 1.165) is 4.90 Å². The first-order valence-electron chi connectivity index (χ1n) is 3.57. The Hall–Kier alpha value is -0.900. The van der Waals surface area contributed by atoms with Gasteiger partial charge in [0.1, 0.15) is 4.75 Å². The molecule has 0 spiro atoms. The minimum atomic E-state index is -0.797. The second kappa shape index (κ2) is 3.23. The summed E-state index contributed by atoms with van der Waals surface area (Å²) in [5.41, 5.74) is 0. The van der Waals surface area contributed by atoms with Crippen LogP contribution in [0.25, 0.3) is 0 Å². The van der Waals surface area contributed by atoms with Crippen LogP contribution in [0.4, 0.5) is 0 Å². The largest absolute Gasteiger partial charge is 0.480 e. The van der Waals surface area contributed by atoms with Gasteiger partial charge < -0.3 is 10.1 Å². The highest BCUT2D eigenvalue weighted by atomic mass is 32.2. The van der Waals surface area contributed by atoms with E-state index in [1.54, 1.807) is 26.2 Å². The second-order valence-electron chi connectivity index (χ2n) is 2.96. The molecule has 1 aromatic heterocycles. The highest BCUT2D eigenvalue weighted by Gasteiger charge is 2.28. The van der Waals surface area contributed by atoms with Crippen molar-refractivity contribution in [2.45, 2.75) is 23.5 Å². The van der Waals surface area contributed by atoms with E-state index in [1.165, 1.54) is 11.8 Å². The number of nitrogens with one attached hydrogen (secondary N) is 1. The Morgan fingerprint density at radius 1 is 1.67 bits per heavy atom. The molecule has 1 rings (SSSR count). The molecule has 0 saturated carbocycles. The number of aliphatic carboxylic acids is 1. The van der Waals surface area contributed by atoms with Crippen molar-refractivity contribution in [2.24, 2.45) is 0 Å². The summed E-state index contributed by atoms with van der Waals surface area (Å²) in [5.74, 6) is -0.797. The van der Waals surface area contributed by atoms with Gasteiger partial charge in [0, 0.05) is 17.3 Å². The summed E-state index contributed by atoms with van der Waals surface area (Å²) in [5, 5.41) is 8.81. The number of carboxylic acid groups (broad SMARTS) is 1. The van der Waals surface area contributed by atoms with Gasteiger partial charge in [0.2, 0.25) is 0 Å². The minimum Gasteiger partial charge on any atom is -0.480 e. The van der Waals surface area contributed by atoms with E-state index in [9.17, 15) is 4.79 Å². The van der Waals surface area contributed by atoms with Gasteiger partial charge in [0.25, 0.3) is 0 Å². The van der Waals surface area contributed by atoms with Gasteiger partial charge in [-0.15, -0.1) is 11.8 Å². The van der Waals surface area contributed by atoms with Gasteiger partial charge >= 0.3 is 5.97 Å². The molecule has 0 unspecified atom stereocenters. The maximum atomic E-state index is 10.7. The number of aromatic amines is 1. The zero-order valence-corrected chi connectivity index (χ0v) is 7.81. The van der Waals surface area contributed by atoms with E-state index in [-0.39, 0.29) is 0 Å². The van der Waals surface area contributed by atoms with Gasteiger partial charge in [-0.3, -0.25) is 4.79 Å². The summed E-state index contributed by atoms with van der Waals surface area (Å²) in [6.45, 7) is 3.38. The van der Waals surface area contributed by atoms with Gasteiger partial charge in [-0.25, -0.2) is 0 Å². The number of hydrogen-bond acceptors (Lipinski definition) is 2. The van der Waals surface area contributed by atoms with E-state index >= 15 is 0 Å². The molecule has 12 heavy (non-hydrogen) atoms. The molecule has 1 aromatic rings. The molecule has 4 heteroatoms. The lowest BCUT2D eigenvalue weighted by molar-refractivity contribution is -0.138. The van der Waals surface area contributed by atoms with Crippen LogP contribution in [-0.4, -0.2) is 20.8 Å². The molecule has 0 saturated heterocycles. The molecule has 0 aromatic carbocycles. The van der Waals surface area contributed by atoms with Crippen LogP contribution in [-0.2, 0) is 4.79 Å². The van der Waals surface area contributed by atoms with Crippen molar-refractivity contribution in [2.75, 3.05) is 0 Å². The van der Waals surface area contributed by atoms with Gasteiger partial charge in [0.15, 0.2) is 0 Å². The zero-order chi connectivity index (χ0) is 9.19. The van der Waals surface area contributed by atoms with Crippen LogP contribution in [0.1, 0.15) is 13.8 Å². The molecule has 0 amide bonds. The molecular formula is C8H11NO2S. The van der Waals surface area contributed by atoms with Gasteiger partial charge in [-0.05, 0) is 19.9 Å². The number of carbonyl (C=O) groups is 1. The lowest BCUT2D eigenvalue weighted by atomic mass is 10.2. The fourth-order valence-electron chi connectivity index (χ4n) is 0.710. The number of rotatable bonds is 3. The normalized spacial score (nSPS) is 11.5. The molecule has 2 N–H and O–H groups in total. The molecule has 0 fully saturated rings. The van der Waals surface area contributed by atoms with Crippen LogP contribution in [0.5, 0.6) is 0 Å². The zero-order valence-electron chi connectivity index (χ0n) is 7.00. The summed E-state index contributed by atoms with van der Waals surface area (Å²) < 4.78 is -0.762. The monoisotopic (exact) mass is 185 g/mol. The molecule has 0 atom stereocenters. The van der Waals surface area contributed by atoms with Gasteiger partial charge in [-0.1, -0.05) is 0 Å². The highest BCUT2D eigenvalue weighted by Crippen LogP contribution is 2.31. The summed E-state index contributed by atoms with van der Waals surface area (Å²) in [4.78, 5) is 14.5. The molecule has 0 bridgehead atoms. The van der Waals surface area contributed by atoms with Crippen molar-refractivity contribution < 1.29 is 9.90 Å². The molecule has 0 aliphatic carbocycles. The molecule has 0 aliphatic rings. The number of H-pyrrole nitrogens is 1. The lowest BCUT2D eigenvalue weighted by Gasteiger charge is -2.16. The summed E-state index contributed by atoms with van der Waals surface area (Å²) in [7, 11) is 0. The Kier molecular flexibility index (Phi) is 2.47. The number of aromatic nitrogens is 1. The third-order valence-electron chi connectivity index (χ3n) is 1.46. The molecule has 3 nitrogen and oxygen atoms in total. The number of hydrogen-bond donors (Lipinski definition) is 2. The second-order valence-corrected chi connectivity index (χ2v) is 4.66. The van der Waals surface area contributed by atoms with Crippen molar-refractivity contribution in [3.63, 3.8) is 0 Å². The van der Waals surface area contributed by atoms with E-state index in [0.29, 0.717) is 0 Å². The predicted octanol–water partition coefficient (Wildman–Crippen LogP) is 1.97. The van der Waals surface area contributed by atoms with Crippen molar-refractivity contribution in [3.8, 4) is 0 Å². The minimum absolute atomic E-state index is 0.762. The molecule has 66 valence electrons. The average Bonchev–Trinajstić information content (AvgIpc) is 2.38. The van der Waals surface area contributed by atoms with E-state index in [1.807, 2.05) is 6.07 Å². The van der Waals surface area contributed by atoms with Crippen molar-refractivity contribution in [1.29, 1.82) is 0 Å². The first-order valence-corrected chi connectivity index (χ1v) is 4.39. The third kappa shape index (κ3) is 2.04. The fourth-order valence-corrected chi connectivity index (χ4v) is 1.65. The Morgan fingerprint density at radius 3 is 2.75 bits per heavy atom. The standard InChI is InChI=1S/C8H11NO2S/c1-8(2,7(10)11)12-6-3-4-9-5-6/h3-5,9H,1-2H3,(H,10,11). The van der Waals surface area contributed by atoms with Crippen LogP contribution < -0.4 is 0 Å². The van der Waals surface area contributed by atoms with Crippen molar-refractivity contribution in [3.05, 3.63) is 18.5 Å². The SMILES string of the molecule is CC(C)(Sc1cc[nH]c1)C(=O)O. The molecule has 1 heterocycles. The third-order valence-corrected chi connectivity index (χ3v) is 2.63. The predicted molar refractivity (Wildman–Crippen MR) is 48.4 cm³/mol. The maximum Gasteiger partial charge on any atom is 0.319 e. The average molecular weight is 185 g/mol. The topological polar surface area (TPSA) is 53.1 Å².